The zero-order valence-electron chi connectivity index (χ0n) is 17.2. The molecule has 0 radical (unpaired) electrons. The van der Waals surface area contributed by atoms with Gasteiger partial charge in [-0.3, -0.25) is 4.79 Å². The van der Waals surface area contributed by atoms with Crippen LogP contribution in [0.5, 0.6) is 0 Å². The van der Waals surface area contributed by atoms with Crippen molar-refractivity contribution in [2.75, 3.05) is 0 Å². The summed E-state index contributed by atoms with van der Waals surface area (Å²) < 4.78 is 5.43. The van der Waals surface area contributed by atoms with E-state index in [1.54, 1.807) is 0 Å². The van der Waals surface area contributed by atoms with E-state index in [2.05, 4.69) is 53.7 Å². The number of esters is 1. The Labute approximate surface area is 149 Å². The van der Waals surface area contributed by atoms with Gasteiger partial charge in [0.15, 0.2) is 0 Å². The molecule has 0 heterocycles. The van der Waals surface area contributed by atoms with Crippen molar-refractivity contribution in [3.63, 3.8) is 0 Å². The van der Waals surface area contributed by atoms with E-state index in [9.17, 15) is 4.79 Å². The van der Waals surface area contributed by atoms with Gasteiger partial charge in [-0.2, -0.15) is 0 Å². The molecule has 0 aromatic rings. The van der Waals surface area contributed by atoms with Crippen LogP contribution >= 0.6 is 0 Å². The van der Waals surface area contributed by atoms with E-state index >= 15 is 0 Å². The van der Waals surface area contributed by atoms with Gasteiger partial charge in [-0.25, -0.2) is 0 Å². The Morgan fingerprint density at radius 1 is 1.29 bits per heavy atom. The van der Waals surface area contributed by atoms with Gasteiger partial charge in [0.25, 0.3) is 0 Å². The van der Waals surface area contributed by atoms with Crippen molar-refractivity contribution >= 4 is 5.97 Å². The highest BCUT2D eigenvalue weighted by Crippen LogP contribution is 2.40. The second-order valence-electron chi connectivity index (χ2n) is 9.25. The van der Waals surface area contributed by atoms with E-state index < -0.39 is 0 Å². The largest absolute Gasteiger partial charge is 0.463 e. The maximum atomic E-state index is 12.2. The van der Waals surface area contributed by atoms with Gasteiger partial charge < -0.3 is 4.74 Å². The number of carbonyl (C=O) groups is 1. The summed E-state index contributed by atoms with van der Waals surface area (Å²) in [6.45, 7) is 17.5. The molecular weight excluding hydrogens is 296 g/mol. The summed E-state index contributed by atoms with van der Waals surface area (Å²) >= 11 is 0. The Morgan fingerprint density at radius 3 is 2.46 bits per heavy atom. The lowest BCUT2D eigenvalue weighted by Gasteiger charge is -2.33. The molecule has 0 aliphatic heterocycles. The van der Waals surface area contributed by atoms with Crippen LogP contribution in [-0.2, 0) is 9.53 Å². The van der Waals surface area contributed by atoms with Gasteiger partial charge in [-0.1, -0.05) is 57.9 Å². The fourth-order valence-electron chi connectivity index (χ4n) is 3.11. The molecule has 2 nitrogen and oxygen atoms in total. The molecule has 0 aromatic carbocycles. The van der Waals surface area contributed by atoms with Gasteiger partial charge in [0.2, 0.25) is 0 Å². The first kappa shape index (κ1) is 21.0. The van der Waals surface area contributed by atoms with Crippen molar-refractivity contribution in [2.45, 2.75) is 93.6 Å². The van der Waals surface area contributed by atoms with Gasteiger partial charge in [0, 0.05) is 0 Å². The molecule has 0 spiro atoms. The summed E-state index contributed by atoms with van der Waals surface area (Å²) in [7, 11) is 0. The number of hydrogen-bond donors (Lipinski definition) is 0. The van der Waals surface area contributed by atoms with Crippen molar-refractivity contribution in [1.29, 1.82) is 0 Å². The van der Waals surface area contributed by atoms with Crippen molar-refractivity contribution in [2.24, 2.45) is 16.7 Å². The van der Waals surface area contributed by atoms with Crippen LogP contribution in [0.25, 0.3) is 0 Å². The molecular formula is C22H38O2. The third kappa shape index (κ3) is 6.45. The van der Waals surface area contributed by atoms with Crippen LogP contribution < -0.4 is 0 Å². The van der Waals surface area contributed by atoms with Gasteiger partial charge >= 0.3 is 5.97 Å². The predicted molar refractivity (Wildman–Crippen MR) is 103 cm³/mol. The monoisotopic (exact) mass is 334 g/mol. The zero-order valence-corrected chi connectivity index (χ0v) is 17.2. The molecule has 1 rings (SSSR count). The van der Waals surface area contributed by atoms with Gasteiger partial charge in [0.05, 0.1) is 12.0 Å². The van der Waals surface area contributed by atoms with Gasteiger partial charge in [-0.05, 0) is 63.7 Å². The van der Waals surface area contributed by atoms with E-state index in [0.29, 0.717) is 0 Å². The van der Waals surface area contributed by atoms with Crippen LogP contribution in [0.1, 0.15) is 87.5 Å². The number of allylic oxidation sites excluding steroid dienone is 4. The second-order valence-corrected chi connectivity index (χ2v) is 9.25. The molecule has 0 aromatic heterocycles. The van der Waals surface area contributed by atoms with Crippen molar-refractivity contribution in [1.82, 2.24) is 0 Å². The lowest BCUT2D eigenvalue weighted by atomic mass is 9.72. The number of rotatable bonds is 6. The summed E-state index contributed by atoms with van der Waals surface area (Å²) in [4.78, 5) is 12.2. The van der Waals surface area contributed by atoms with E-state index in [0.717, 1.165) is 32.1 Å². The first-order valence-electron chi connectivity index (χ1n) is 9.50. The first-order valence-corrected chi connectivity index (χ1v) is 9.50. The van der Waals surface area contributed by atoms with E-state index in [-0.39, 0.29) is 28.8 Å². The van der Waals surface area contributed by atoms with Crippen LogP contribution in [0.4, 0.5) is 0 Å². The molecule has 0 fully saturated rings. The lowest BCUT2D eigenvalue weighted by Crippen LogP contribution is -2.27. The molecule has 1 atom stereocenters. The summed E-state index contributed by atoms with van der Waals surface area (Å²) in [5.41, 5.74) is 3.28. The molecule has 24 heavy (non-hydrogen) atoms. The van der Waals surface area contributed by atoms with Crippen molar-refractivity contribution in [3.8, 4) is 0 Å². The maximum Gasteiger partial charge on any atom is 0.309 e. The average Bonchev–Trinajstić information content (AvgIpc) is 2.45. The van der Waals surface area contributed by atoms with Crippen LogP contribution in [-0.4, -0.2) is 12.1 Å². The SMILES string of the molecule is C/C(=C\CCC(C)(C)C1=CCCC(C(=O)OC(C)C)C1)C(C)(C)C. The minimum absolute atomic E-state index is 0.0186. The fourth-order valence-corrected chi connectivity index (χ4v) is 3.11. The predicted octanol–water partition coefficient (Wildman–Crippen LogP) is 6.46. The highest BCUT2D eigenvalue weighted by atomic mass is 16.5. The molecule has 2 heteroatoms. The third-order valence-corrected chi connectivity index (χ3v) is 5.33. The Kier molecular flexibility index (Phi) is 7.31. The Bertz CT molecular complexity index is 487. The van der Waals surface area contributed by atoms with Crippen molar-refractivity contribution < 1.29 is 9.53 Å². The molecule has 0 amide bonds. The number of hydrogen-bond acceptors (Lipinski definition) is 2. The highest BCUT2D eigenvalue weighted by molar-refractivity contribution is 5.73. The molecule has 0 saturated carbocycles. The molecule has 1 aliphatic rings. The molecule has 0 N–H and O–H groups in total. The molecule has 0 bridgehead atoms. The normalized spacial score (nSPS) is 20.1. The third-order valence-electron chi connectivity index (χ3n) is 5.33. The minimum Gasteiger partial charge on any atom is -0.463 e. The fraction of sp³-hybridized carbons (Fsp3) is 0.773. The van der Waals surface area contributed by atoms with Crippen LogP contribution in [0, 0.1) is 16.7 Å². The zero-order chi connectivity index (χ0) is 18.5. The van der Waals surface area contributed by atoms with E-state index in [4.69, 9.17) is 4.74 Å². The average molecular weight is 335 g/mol. The summed E-state index contributed by atoms with van der Waals surface area (Å²) in [6, 6.07) is 0. The lowest BCUT2D eigenvalue weighted by molar-refractivity contribution is -0.152. The Hall–Kier alpha value is -1.05. The molecule has 1 unspecified atom stereocenters. The van der Waals surface area contributed by atoms with Gasteiger partial charge in [0.1, 0.15) is 0 Å². The van der Waals surface area contributed by atoms with Crippen LogP contribution in [0.2, 0.25) is 0 Å². The maximum absolute atomic E-state index is 12.2. The molecule has 138 valence electrons. The van der Waals surface area contributed by atoms with Crippen LogP contribution in [0.3, 0.4) is 0 Å². The van der Waals surface area contributed by atoms with Crippen LogP contribution in [0.15, 0.2) is 23.3 Å². The van der Waals surface area contributed by atoms with Gasteiger partial charge in [-0.15, -0.1) is 0 Å². The standard InChI is InChI=1S/C22H38O2/c1-16(2)24-20(23)18-12-9-13-19(15-18)22(7,8)14-10-11-17(3)21(4,5)6/h11,13,16,18H,9-10,12,14-15H2,1-8H3/b17-11+. The smallest absolute Gasteiger partial charge is 0.309 e. The minimum atomic E-state index is -0.0228. The van der Waals surface area contributed by atoms with E-state index in [1.807, 2.05) is 13.8 Å². The number of carbonyl (C=O) groups excluding carboxylic acids is 1. The first-order chi connectivity index (χ1) is 10.9. The van der Waals surface area contributed by atoms with E-state index in [1.165, 1.54) is 11.1 Å². The summed E-state index contributed by atoms with van der Waals surface area (Å²) in [5, 5.41) is 0. The quantitative estimate of drug-likeness (QED) is 0.411. The number of ether oxygens (including phenoxy) is 1. The topological polar surface area (TPSA) is 26.3 Å². The Morgan fingerprint density at radius 2 is 1.92 bits per heavy atom. The molecule has 1 aliphatic carbocycles. The molecule has 0 saturated heterocycles. The Balaban J connectivity index is 2.66. The highest BCUT2D eigenvalue weighted by Gasteiger charge is 2.31. The summed E-state index contributed by atoms with van der Waals surface area (Å²) in [6.07, 6.45) is 9.72. The van der Waals surface area contributed by atoms with Crippen molar-refractivity contribution in [3.05, 3.63) is 23.3 Å². The summed E-state index contributed by atoms with van der Waals surface area (Å²) in [5.74, 6) is 0.0217. The second kappa shape index (κ2) is 8.36.